The molecule has 0 fully saturated rings. The Morgan fingerprint density at radius 1 is 0.438 bits per heavy atom. The summed E-state index contributed by atoms with van der Waals surface area (Å²) in [4.78, 5) is 0. The molecule has 0 atom stereocenters. The van der Waals surface area contributed by atoms with E-state index >= 15 is 0 Å². The zero-order valence-electron chi connectivity index (χ0n) is 12.2. The summed E-state index contributed by atoms with van der Waals surface area (Å²) >= 11 is 0. The van der Waals surface area contributed by atoms with Crippen LogP contribution in [-0.2, 0) is 21.1 Å². The first kappa shape index (κ1) is 25.4. The third-order valence-corrected chi connectivity index (χ3v) is 0. The summed E-state index contributed by atoms with van der Waals surface area (Å²) in [6, 6.07) is 0. The molecule has 0 spiro atoms. The van der Waals surface area contributed by atoms with Crippen molar-refractivity contribution in [3.05, 3.63) is 0 Å². The molecule has 0 aromatic rings. The average Bonchev–Trinajstić information content (AvgIpc) is 1.41. The second-order valence-corrected chi connectivity index (χ2v) is 6.51. The van der Waals surface area contributed by atoms with Crippen molar-refractivity contribution >= 4 is 0 Å². The molecule has 102 valence electrons. The van der Waals surface area contributed by atoms with Gasteiger partial charge < -0.3 is 15.3 Å². The molecule has 0 unspecified atom stereocenters. The van der Waals surface area contributed by atoms with Gasteiger partial charge in [-0.2, -0.15) is 0 Å². The zero-order valence-corrected chi connectivity index (χ0v) is 15.2. The van der Waals surface area contributed by atoms with Crippen LogP contribution in [0.5, 0.6) is 0 Å². The molecule has 0 heterocycles. The Morgan fingerprint density at radius 3 is 0.438 bits per heavy atom. The molecule has 0 aliphatic heterocycles. The Morgan fingerprint density at radius 2 is 0.438 bits per heavy atom. The standard InChI is InChI=1S/3C4H10O.W/c3*1-4(2,3)5;/h3*5H,1-3H3;. The molecule has 0 aliphatic rings. The van der Waals surface area contributed by atoms with Crippen LogP contribution in [0.15, 0.2) is 0 Å². The summed E-state index contributed by atoms with van der Waals surface area (Å²) in [5.41, 5.74) is -1.50. The Kier molecular flexibility index (Phi) is 15.2. The molecule has 0 aliphatic carbocycles. The van der Waals surface area contributed by atoms with Gasteiger partial charge in [-0.15, -0.1) is 0 Å². The van der Waals surface area contributed by atoms with Gasteiger partial charge in [-0.1, -0.05) is 0 Å². The minimum Gasteiger partial charge on any atom is -0.391 e. The molecule has 0 aromatic heterocycles. The molecule has 3 N–H and O–H groups in total. The van der Waals surface area contributed by atoms with Gasteiger partial charge in [0.1, 0.15) is 0 Å². The monoisotopic (exact) mass is 406 g/mol. The molecule has 0 bridgehead atoms. The third-order valence-electron chi connectivity index (χ3n) is 0. The number of aliphatic hydroxyl groups is 3. The van der Waals surface area contributed by atoms with Gasteiger partial charge in [-0.05, 0) is 62.3 Å². The maximum absolute atomic E-state index is 8.52. The molecule has 0 rings (SSSR count). The van der Waals surface area contributed by atoms with Crippen LogP contribution in [-0.4, -0.2) is 32.1 Å². The summed E-state index contributed by atoms with van der Waals surface area (Å²) in [6.45, 7) is 15.7. The number of rotatable bonds is 0. The van der Waals surface area contributed by atoms with Gasteiger partial charge in [0.15, 0.2) is 0 Å². The molecule has 0 saturated heterocycles. The predicted molar refractivity (Wildman–Crippen MR) is 65.9 cm³/mol. The fraction of sp³-hybridized carbons (Fsp3) is 1.00. The van der Waals surface area contributed by atoms with Gasteiger partial charge >= 0.3 is 0 Å². The van der Waals surface area contributed by atoms with Crippen molar-refractivity contribution in [3.63, 3.8) is 0 Å². The third kappa shape index (κ3) is 8300. The van der Waals surface area contributed by atoms with Crippen LogP contribution < -0.4 is 0 Å². The SMILES string of the molecule is CC(C)(C)O.CC(C)(C)O.CC(C)(C)O.[W]. The molecule has 0 amide bonds. The first-order valence-corrected chi connectivity index (χ1v) is 5.17. The maximum atomic E-state index is 8.52. The molecule has 0 radical (unpaired) electrons. The van der Waals surface area contributed by atoms with Gasteiger partial charge in [0.05, 0.1) is 16.8 Å². The number of hydrogen-bond acceptors (Lipinski definition) is 3. The van der Waals surface area contributed by atoms with E-state index in [1.54, 1.807) is 62.3 Å². The minimum atomic E-state index is -0.500. The van der Waals surface area contributed by atoms with Crippen molar-refractivity contribution in [3.8, 4) is 0 Å². The van der Waals surface area contributed by atoms with Gasteiger partial charge in [0.25, 0.3) is 0 Å². The minimum absolute atomic E-state index is 0. The summed E-state index contributed by atoms with van der Waals surface area (Å²) < 4.78 is 0. The van der Waals surface area contributed by atoms with Gasteiger partial charge in [-0.3, -0.25) is 0 Å². The second kappa shape index (κ2) is 9.58. The molecule has 16 heavy (non-hydrogen) atoms. The van der Waals surface area contributed by atoms with E-state index in [2.05, 4.69) is 0 Å². The topological polar surface area (TPSA) is 60.7 Å². The van der Waals surface area contributed by atoms with E-state index in [0.29, 0.717) is 0 Å². The molecule has 0 saturated carbocycles. The van der Waals surface area contributed by atoms with E-state index in [-0.39, 0.29) is 21.1 Å². The Labute approximate surface area is 116 Å². The Hall–Kier alpha value is 0.568. The van der Waals surface area contributed by atoms with E-state index in [0.717, 1.165) is 0 Å². The predicted octanol–water partition coefficient (Wildman–Crippen LogP) is 2.33. The zero-order chi connectivity index (χ0) is 13.5. The van der Waals surface area contributed by atoms with E-state index in [1.165, 1.54) is 0 Å². The molecule has 4 heteroatoms. The van der Waals surface area contributed by atoms with Crippen molar-refractivity contribution in [2.45, 2.75) is 79.1 Å². The van der Waals surface area contributed by atoms with Gasteiger partial charge in [-0.25, -0.2) is 0 Å². The van der Waals surface area contributed by atoms with Crippen molar-refractivity contribution in [1.82, 2.24) is 0 Å². The molecule has 3 nitrogen and oxygen atoms in total. The van der Waals surface area contributed by atoms with E-state index in [9.17, 15) is 0 Å². The van der Waals surface area contributed by atoms with E-state index in [4.69, 9.17) is 15.3 Å². The Balaban J connectivity index is -0.0000000655. The van der Waals surface area contributed by atoms with Crippen LogP contribution in [0.25, 0.3) is 0 Å². The van der Waals surface area contributed by atoms with Crippen LogP contribution in [0, 0.1) is 0 Å². The van der Waals surface area contributed by atoms with Gasteiger partial charge in [0.2, 0.25) is 0 Å². The van der Waals surface area contributed by atoms with Crippen molar-refractivity contribution < 1.29 is 36.4 Å². The van der Waals surface area contributed by atoms with Crippen LogP contribution in [0.3, 0.4) is 0 Å². The summed E-state index contributed by atoms with van der Waals surface area (Å²) in [5, 5.41) is 25.6. The quantitative estimate of drug-likeness (QED) is 0.579. The van der Waals surface area contributed by atoms with Gasteiger partial charge in [0, 0.05) is 21.1 Å². The van der Waals surface area contributed by atoms with Crippen molar-refractivity contribution in [2.75, 3.05) is 0 Å². The first-order valence-electron chi connectivity index (χ1n) is 5.17. The van der Waals surface area contributed by atoms with Crippen LogP contribution >= 0.6 is 0 Å². The average molecular weight is 406 g/mol. The fourth-order valence-corrected chi connectivity index (χ4v) is 0. The smallest absolute Gasteiger partial charge is 0.0563 e. The van der Waals surface area contributed by atoms with E-state index < -0.39 is 16.8 Å². The fourth-order valence-electron chi connectivity index (χ4n) is 0. The van der Waals surface area contributed by atoms with E-state index in [1.807, 2.05) is 0 Å². The van der Waals surface area contributed by atoms with Crippen LogP contribution in [0.4, 0.5) is 0 Å². The van der Waals surface area contributed by atoms with Crippen LogP contribution in [0.2, 0.25) is 0 Å². The molecule has 0 aromatic carbocycles. The number of hydrogen-bond donors (Lipinski definition) is 3. The summed E-state index contributed by atoms with van der Waals surface area (Å²) in [7, 11) is 0. The van der Waals surface area contributed by atoms with Crippen molar-refractivity contribution in [2.24, 2.45) is 0 Å². The Bertz CT molecular complexity index is 91.3. The van der Waals surface area contributed by atoms with Crippen LogP contribution in [0.1, 0.15) is 62.3 Å². The maximum Gasteiger partial charge on any atom is 0.0563 e. The molecular formula is C12H30O3W. The molecular weight excluding hydrogens is 376 g/mol. The summed E-state index contributed by atoms with van der Waals surface area (Å²) in [6.07, 6.45) is 0. The second-order valence-electron chi connectivity index (χ2n) is 6.51. The first-order chi connectivity index (χ1) is 6.00. The summed E-state index contributed by atoms with van der Waals surface area (Å²) in [5.74, 6) is 0. The van der Waals surface area contributed by atoms with Crippen molar-refractivity contribution in [1.29, 1.82) is 0 Å². The largest absolute Gasteiger partial charge is 0.391 e. The normalized spacial score (nSPS) is 11.2.